The fourth-order valence-corrected chi connectivity index (χ4v) is 2.57. The van der Waals surface area contributed by atoms with E-state index in [4.69, 9.17) is 0 Å². The predicted molar refractivity (Wildman–Crippen MR) is 95.2 cm³/mol. The van der Waals surface area contributed by atoms with Crippen LogP contribution in [0.15, 0.2) is 48.5 Å². The number of hydrogen-bond donors (Lipinski definition) is 2. The number of aliphatic hydroxyl groups is 1. The van der Waals surface area contributed by atoms with Gasteiger partial charge >= 0.3 is 0 Å². The zero-order valence-electron chi connectivity index (χ0n) is 14.1. The quantitative estimate of drug-likeness (QED) is 0.570. The van der Waals surface area contributed by atoms with Gasteiger partial charge in [-0.05, 0) is 29.5 Å². The van der Waals surface area contributed by atoms with Gasteiger partial charge in [0.05, 0.1) is 17.6 Å². The summed E-state index contributed by atoms with van der Waals surface area (Å²) in [6, 6.07) is 13.6. The topological polar surface area (TPSA) is 92.5 Å². The van der Waals surface area contributed by atoms with E-state index < -0.39 is 11.0 Å². The van der Waals surface area contributed by atoms with Crippen molar-refractivity contribution >= 4 is 11.6 Å². The van der Waals surface area contributed by atoms with Crippen LogP contribution in [0, 0.1) is 10.1 Å². The Morgan fingerprint density at radius 3 is 2.52 bits per heavy atom. The van der Waals surface area contributed by atoms with Crippen molar-refractivity contribution in [3.05, 3.63) is 75.3 Å². The lowest BCUT2D eigenvalue weighted by molar-refractivity contribution is -0.384. The molecule has 2 aromatic rings. The molecule has 2 N–H and O–H groups in total. The Hall–Kier alpha value is -2.73. The molecule has 0 bridgehead atoms. The zero-order valence-corrected chi connectivity index (χ0v) is 14.1. The first-order valence-corrected chi connectivity index (χ1v) is 8.26. The molecule has 0 spiro atoms. The van der Waals surface area contributed by atoms with Crippen molar-refractivity contribution in [2.24, 2.45) is 0 Å². The number of aliphatic hydroxyl groups excluding tert-OH is 1. The number of carbonyl (C=O) groups excluding carboxylic acids is 1. The Morgan fingerprint density at radius 2 is 1.92 bits per heavy atom. The van der Waals surface area contributed by atoms with Crippen molar-refractivity contribution in [1.29, 1.82) is 0 Å². The highest BCUT2D eigenvalue weighted by Gasteiger charge is 2.14. The van der Waals surface area contributed by atoms with Crippen LogP contribution >= 0.6 is 0 Å². The number of hydrogen-bond acceptors (Lipinski definition) is 4. The van der Waals surface area contributed by atoms with E-state index in [1.54, 1.807) is 12.1 Å². The molecule has 0 radical (unpaired) electrons. The monoisotopic (exact) mass is 342 g/mol. The minimum Gasteiger partial charge on any atom is -0.394 e. The average Bonchev–Trinajstić information content (AvgIpc) is 2.64. The van der Waals surface area contributed by atoms with E-state index in [-0.39, 0.29) is 24.6 Å². The summed E-state index contributed by atoms with van der Waals surface area (Å²) < 4.78 is 0. The standard InChI is InChI=1S/C19H22N2O4/c1-2-14-6-9-16(10-7-14)18(13-22)20-19(23)11-8-15-4-3-5-17(12-15)21(24)25/h3-7,9-10,12,18,22H,2,8,11,13H2,1H3,(H,20,23). The first-order valence-electron chi connectivity index (χ1n) is 8.26. The summed E-state index contributed by atoms with van der Waals surface area (Å²) >= 11 is 0. The molecule has 0 aliphatic carbocycles. The summed E-state index contributed by atoms with van der Waals surface area (Å²) in [5.41, 5.74) is 2.79. The number of non-ortho nitro benzene ring substituents is 1. The van der Waals surface area contributed by atoms with E-state index in [1.165, 1.54) is 17.7 Å². The van der Waals surface area contributed by atoms with Gasteiger partial charge in [0.15, 0.2) is 0 Å². The van der Waals surface area contributed by atoms with Gasteiger partial charge in [-0.1, -0.05) is 43.3 Å². The predicted octanol–water partition coefficient (Wildman–Crippen LogP) is 2.94. The van der Waals surface area contributed by atoms with E-state index in [9.17, 15) is 20.0 Å². The molecule has 0 fully saturated rings. The number of amides is 1. The van der Waals surface area contributed by atoms with Crippen molar-refractivity contribution in [2.75, 3.05) is 6.61 Å². The SMILES string of the molecule is CCc1ccc(C(CO)NC(=O)CCc2cccc([N+](=O)[O-])c2)cc1. The lowest BCUT2D eigenvalue weighted by atomic mass is 10.0. The molecule has 0 aliphatic heterocycles. The van der Waals surface area contributed by atoms with Gasteiger partial charge in [-0.3, -0.25) is 14.9 Å². The molecular formula is C19H22N2O4. The molecule has 6 heteroatoms. The van der Waals surface area contributed by atoms with Crippen LogP contribution in [-0.2, 0) is 17.6 Å². The highest BCUT2D eigenvalue weighted by Crippen LogP contribution is 2.16. The normalized spacial score (nSPS) is 11.8. The highest BCUT2D eigenvalue weighted by molar-refractivity contribution is 5.76. The Bertz CT molecular complexity index is 728. The summed E-state index contributed by atoms with van der Waals surface area (Å²) in [6.45, 7) is 1.88. The Balaban J connectivity index is 1.93. The van der Waals surface area contributed by atoms with Gasteiger partial charge in [-0.25, -0.2) is 0 Å². The van der Waals surface area contributed by atoms with Crippen LogP contribution in [-0.4, -0.2) is 22.5 Å². The summed E-state index contributed by atoms with van der Waals surface area (Å²) in [4.78, 5) is 22.5. The Morgan fingerprint density at radius 1 is 1.20 bits per heavy atom. The number of aryl methyl sites for hydroxylation is 2. The second kappa shape index (κ2) is 8.94. The number of nitrogens with zero attached hydrogens (tertiary/aromatic N) is 1. The maximum Gasteiger partial charge on any atom is 0.269 e. The summed E-state index contributed by atoms with van der Waals surface area (Å²) in [5.74, 6) is -0.204. The summed E-state index contributed by atoms with van der Waals surface area (Å²) in [5, 5.41) is 23.1. The smallest absolute Gasteiger partial charge is 0.269 e. The van der Waals surface area contributed by atoms with Gasteiger partial charge < -0.3 is 10.4 Å². The third-order valence-electron chi connectivity index (χ3n) is 4.07. The fourth-order valence-electron chi connectivity index (χ4n) is 2.57. The highest BCUT2D eigenvalue weighted by atomic mass is 16.6. The lowest BCUT2D eigenvalue weighted by Crippen LogP contribution is -2.30. The Kier molecular flexibility index (Phi) is 6.65. The number of benzene rings is 2. The van der Waals surface area contributed by atoms with Gasteiger partial charge in [0.2, 0.25) is 5.91 Å². The molecule has 0 saturated carbocycles. The maximum absolute atomic E-state index is 12.1. The van der Waals surface area contributed by atoms with Crippen molar-refractivity contribution in [2.45, 2.75) is 32.2 Å². The first kappa shape index (κ1) is 18.6. The number of nitrogens with one attached hydrogen (secondary N) is 1. The van der Waals surface area contributed by atoms with Crippen LogP contribution in [0.3, 0.4) is 0 Å². The molecule has 132 valence electrons. The molecule has 6 nitrogen and oxygen atoms in total. The summed E-state index contributed by atoms with van der Waals surface area (Å²) in [6.07, 6.45) is 1.53. The largest absolute Gasteiger partial charge is 0.394 e. The van der Waals surface area contributed by atoms with Gasteiger partial charge in [-0.2, -0.15) is 0 Å². The zero-order chi connectivity index (χ0) is 18.2. The molecule has 0 saturated heterocycles. The van der Waals surface area contributed by atoms with Crippen LogP contribution in [0.4, 0.5) is 5.69 Å². The van der Waals surface area contributed by atoms with E-state index >= 15 is 0 Å². The van der Waals surface area contributed by atoms with Crippen LogP contribution in [0.5, 0.6) is 0 Å². The second-order valence-electron chi connectivity index (χ2n) is 5.82. The van der Waals surface area contributed by atoms with Crippen LogP contribution in [0.2, 0.25) is 0 Å². The molecule has 1 amide bonds. The molecule has 25 heavy (non-hydrogen) atoms. The molecule has 1 unspecified atom stereocenters. The number of carbonyl (C=O) groups is 1. The fraction of sp³-hybridized carbons (Fsp3) is 0.316. The van der Waals surface area contributed by atoms with Crippen LogP contribution in [0.1, 0.15) is 36.1 Å². The molecule has 2 aromatic carbocycles. The lowest BCUT2D eigenvalue weighted by Gasteiger charge is -2.17. The summed E-state index contributed by atoms with van der Waals surface area (Å²) in [7, 11) is 0. The Labute approximate surface area is 146 Å². The minimum absolute atomic E-state index is 0.0159. The number of nitro benzene ring substituents is 1. The second-order valence-corrected chi connectivity index (χ2v) is 5.82. The molecule has 2 rings (SSSR count). The van der Waals surface area contributed by atoms with Crippen molar-refractivity contribution in [3.8, 4) is 0 Å². The van der Waals surface area contributed by atoms with Crippen molar-refractivity contribution in [3.63, 3.8) is 0 Å². The van der Waals surface area contributed by atoms with Gasteiger partial charge in [0, 0.05) is 18.6 Å². The average molecular weight is 342 g/mol. The number of nitro groups is 1. The third kappa shape index (κ3) is 5.39. The van der Waals surface area contributed by atoms with Crippen molar-refractivity contribution in [1.82, 2.24) is 5.32 Å². The van der Waals surface area contributed by atoms with Gasteiger partial charge in [0.1, 0.15) is 0 Å². The molecular weight excluding hydrogens is 320 g/mol. The number of rotatable bonds is 8. The van der Waals surface area contributed by atoms with Crippen molar-refractivity contribution < 1.29 is 14.8 Å². The minimum atomic E-state index is -0.455. The van der Waals surface area contributed by atoms with E-state index in [1.807, 2.05) is 24.3 Å². The molecule has 0 aliphatic rings. The van der Waals surface area contributed by atoms with Crippen LogP contribution in [0.25, 0.3) is 0 Å². The van der Waals surface area contributed by atoms with Gasteiger partial charge in [0.25, 0.3) is 5.69 Å². The van der Waals surface area contributed by atoms with Crippen LogP contribution < -0.4 is 5.32 Å². The molecule has 1 atom stereocenters. The van der Waals surface area contributed by atoms with Gasteiger partial charge in [-0.15, -0.1) is 0 Å². The van der Waals surface area contributed by atoms with E-state index in [0.29, 0.717) is 6.42 Å². The van der Waals surface area contributed by atoms with E-state index in [2.05, 4.69) is 12.2 Å². The maximum atomic E-state index is 12.1. The first-order chi connectivity index (χ1) is 12.0. The molecule has 0 heterocycles. The third-order valence-corrected chi connectivity index (χ3v) is 4.07. The van der Waals surface area contributed by atoms with E-state index in [0.717, 1.165) is 17.5 Å². The molecule has 0 aromatic heterocycles.